The highest BCUT2D eigenvalue weighted by molar-refractivity contribution is 6.00. The minimum Gasteiger partial charge on any atom is -0.487 e. The van der Waals surface area contributed by atoms with E-state index in [-0.39, 0.29) is 36.7 Å². The van der Waals surface area contributed by atoms with Crippen molar-refractivity contribution in [2.24, 2.45) is 10.7 Å². The number of nitrogens with two attached hydrogens (primary N) is 1. The van der Waals surface area contributed by atoms with Gasteiger partial charge in [0.05, 0.1) is 24.0 Å². The first kappa shape index (κ1) is 29.0. The normalized spacial score (nSPS) is 26.1. The molecule has 41 heavy (non-hydrogen) atoms. The van der Waals surface area contributed by atoms with Gasteiger partial charge < -0.3 is 15.8 Å². The molecule has 0 radical (unpaired) electrons. The van der Waals surface area contributed by atoms with Crippen LogP contribution in [0.25, 0.3) is 0 Å². The fourth-order valence-electron chi connectivity index (χ4n) is 6.52. The van der Waals surface area contributed by atoms with Gasteiger partial charge in [0.1, 0.15) is 11.4 Å². The summed E-state index contributed by atoms with van der Waals surface area (Å²) in [7, 11) is 0. The number of nitrogens with zero attached hydrogens (tertiary/aromatic N) is 2. The van der Waals surface area contributed by atoms with Crippen molar-refractivity contribution in [1.29, 1.82) is 0 Å². The SMILES string of the molecule is CC[C@@]12CCCCc3ccc4c(c3)C(CC(C)(C)O4)NC(=O)c3cccc(c3)C(CCC(F)F)N(C(=O)C1)C(N)=N2. The predicted octanol–water partition coefficient (Wildman–Crippen LogP) is 6.23. The molecule has 3 atom stereocenters. The number of halogens is 2. The molecular weight excluding hydrogens is 526 g/mol. The second-order valence-corrected chi connectivity index (χ2v) is 12.3. The molecule has 0 saturated heterocycles. The first-order valence-corrected chi connectivity index (χ1v) is 14.7. The van der Waals surface area contributed by atoms with Crippen LogP contribution in [0.3, 0.4) is 0 Å². The molecule has 2 amide bonds. The molecule has 220 valence electrons. The molecule has 0 spiro atoms. The Labute approximate surface area is 240 Å². The molecule has 4 heterocycles. The summed E-state index contributed by atoms with van der Waals surface area (Å²) in [5.41, 5.74) is 8.45. The zero-order chi connectivity index (χ0) is 29.4. The molecule has 2 aromatic rings. The Bertz CT molecular complexity index is 1340. The number of guanidine groups is 1. The van der Waals surface area contributed by atoms with Gasteiger partial charge in [0, 0.05) is 24.0 Å². The molecule has 2 aromatic carbocycles. The van der Waals surface area contributed by atoms with E-state index in [2.05, 4.69) is 17.4 Å². The Balaban J connectivity index is 1.58. The molecule has 0 aliphatic carbocycles. The summed E-state index contributed by atoms with van der Waals surface area (Å²) in [6.45, 7) is 6.02. The van der Waals surface area contributed by atoms with E-state index in [1.54, 1.807) is 24.3 Å². The van der Waals surface area contributed by atoms with Crippen LogP contribution in [-0.4, -0.2) is 40.2 Å². The number of nitrogens with one attached hydrogen (secondary N) is 1. The average Bonchev–Trinajstić information content (AvgIpc) is 2.91. The lowest BCUT2D eigenvalue weighted by molar-refractivity contribution is -0.132. The van der Waals surface area contributed by atoms with Crippen LogP contribution in [0.1, 0.15) is 111 Å². The van der Waals surface area contributed by atoms with E-state index in [4.69, 9.17) is 15.5 Å². The van der Waals surface area contributed by atoms with E-state index in [1.165, 1.54) is 4.90 Å². The second kappa shape index (κ2) is 11.4. The summed E-state index contributed by atoms with van der Waals surface area (Å²) in [4.78, 5) is 33.5. The van der Waals surface area contributed by atoms with E-state index >= 15 is 0 Å². The largest absolute Gasteiger partial charge is 0.487 e. The lowest BCUT2D eigenvalue weighted by atomic mass is 9.84. The second-order valence-electron chi connectivity index (χ2n) is 12.3. The van der Waals surface area contributed by atoms with Crippen molar-refractivity contribution < 1.29 is 23.1 Å². The van der Waals surface area contributed by atoms with Gasteiger partial charge in [-0.3, -0.25) is 14.5 Å². The molecule has 3 N–H and O–H groups in total. The maximum absolute atomic E-state index is 13.6. The summed E-state index contributed by atoms with van der Waals surface area (Å²) in [6.07, 6.45) is 1.78. The Kier molecular flexibility index (Phi) is 8.08. The first-order valence-electron chi connectivity index (χ1n) is 14.7. The number of carbonyl (C=O) groups excluding carboxylic acids is 2. The number of hydrogen-bond acceptors (Lipinski definition) is 5. The number of rotatable bonds is 4. The predicted molar refractivity (Wildman–Crippen MR) is 154 cm³/mol. The highest BCUT2D eigenvalue weighted by Crippen LogP contribution is 2.41. The third-order valence-electron chi connectivity index (χ3n) is 8.70. The number of amides is 2. The summed E-state index contributed by atoms with van der Waals surface area (Å²) < 4.78 is 33.1. The molecule has 2 unspecified atom stereocenters. The Hall–Kier alpha value is -3.49. The molecular formula is C32H40F2N4O3. The van der Waals surface area contributed by atoms with Crippen molar-refractivity contribution in [2.45, 2.75) is 108 Å². The van der Waals surface area contributed by atoms with Gasteiger partial charge in [-0.25, -0.2) is 13.8 Å². The van der Waals surface area contributed by atoms with Gasteiger partial charge in [-0.15, -0.1) is 0 Å². The van der Waals surface area contributed by atoms with Crippen LogP contribution in [0.4, 0.5) is 8.78 Å². The fourth-order valence-corrected chi connectivity index (χ4v) is 6.52. The third-order valence-corrected chi connectivity index (χ3v) is 8.70. The lowest BCUT2D eigenvalue weighted by Crippen LogP contribution is -2.52. The maximum atomic E-state index is 13.6. The van der Waals surface area contributed by atoms with Gasteiger partial charge >= 0.3 is 0 Å². The molecule has 0 saturated carbocycles. The number of benzene rings is 2. The summed E-state index contributed by atoms with van der Waals surface area (Å²) in [5.74, 6) is 0.322. The van der Waals surface area contributed by atoms with Crippen LogP contribution in [-0.2, 0) is 11.2 Å². The van der Waals surface area contributed by atoms with Crippen LogP contribution in [0.15, 0.2) is 47.5 Å². The van der Waals surface area contributed by atoms with Crippen molar-refractivity contribution in [3.05, 3.63) is 64.7 Å². The maximum Gasteiger partial charge on any atom is 0.251 e. The Morgan fingerprint density at radius 1 is 1.17 bits per heavy atom. The number of carbonyl (C=O) groups is 2. The van der Waals surface area contributed by atoms with Gasteiger partial charge in [0.15, 0.2) is 5.96 Å². The summed E-state index contributed by atoms with van der Waals surface area (Å²) in [5, 5.41) is 3.20. The molecule has 4 aliphatic heterocycles. The van der Waals surface area contributed by atoms with E-state index in [9.17, 15) is 18.4 Å². The van der Waals surface area contributed by atoms with Crippen LogP contribution in [0.2, 0.25) is 0 Å². The van der Waals surface area contributed by atoms with Crippen LogP contribution in [0.5, 0.6) is 5.75 Å². The monoisotopic (exact) mass is 566 g/mol. The highest BCUT2D eigenvalue weighted by atomic mass is 19.3. The van der Waals surface area contributed by atoms with E-state index in [0.717, 1.165) is 36.1 Å². The molecule has 0 fully saturated rings. The van der Waals surface area contributed by atoms with Crippen molar-refractivity contribution in [3.63, 3.8) is 0 Å². The summed E-state index contributed by atoms with van der Waals surface area (Å²) in [6, 6.07) is 12.0. The zero-order valence-electron chi connectivity index (χ0n) is 24.1. The number of aliphatic imine (C=N–C) groups is 1. The Morgan fingerprint density at radius 3 is 2.71 bits per heavy atom. The van der Waals surface area contributed by atoms with E-state index < -0.39 is 30.0 Å². The first-order chi connectivity index (χ1) is 19.5. The zero-order valence-corrected chi connectivity index (χ0v) is 24.1. The van der Waals surface area contributed by atoms with Gasteiger partial charge in [0.2, 0.25) is 12.3 Å². The van der Waals surface area contributed by atoms with Crippen LogP contribution >= 0.6 is 0 Å². The molecule has 9 heteroatoms. The van der Waals surface area contributed by atoms with Gasteiger partial charge in [-0.05, 0) is 75.3 Å². The van der Waals surface area contributed by atoms with Crippen molar-refractivity contribution in [1.82, 2.24) is 10.2 Å². The van der Waals surface area contributed by atoms with Crippen LogP contribution in [0, 0.1) is 0 Å². The van der Waals surface area contributed by atoms with E-state index in [1.807, 2.05) is 26.8 Å². The molecule has 4 aliphatic rings. The van der Waals surface area contributed by atoms with Gasteiger partial charge in [0.25, 0.3) is 5.91 Å². The lowest BCUT2D eigenvalue weighted by Gasteiger charge is -2.41. The molecule has 7 nitrogen and oxygen atoms in total. The molecule has 6 rings (SSSR count). The quantitative estimate of drug-likeness (QED) is 0.459. The highest BCUT2D eigenvalue weighted by Gasteiger charge is 2.41. The number of aryl methyl sites for hydroxylation is 1. The number of ether oxygens (including phenoxy) is 1. The van der Waals surface area contributed by atoms with Gasteiger partial charge in [-0.2, -0.15) is 0 Å². The van der Waals surface area contributed by atoms with Crippen LogP contribution < -0.4 is 15.8 Å². The third kappa shape index (κ3) is 6.23. The molecule has 0 aromatic heterocycles. The Morgan fingerprint density at radius 2 is 1.98 bits per heavy atom. The topological polar surface area (TPSA) is 97.0 Å². The number of fused-ring (bicyclic) bond motifs is 5. The number of hydrogen-bond donors (Lipinski definition) is 2. The number of alkyl halides is 2. The minimum atomic E-state index is -2.54. The van der Waals surface area contributed by atoms with Crippen molar-refractivity contribution >= 4 is 17.8 Å². The minimum absolute atomic E-state index is 0.00582. The van der Waals surface area contributed by atoms with E-state index in [0.29, 0.717) is 30.4 Å². The standard InChI is InChI=1S/C32H40F2N4O3/c1-4-32-15-6-5-8-20-11-13-26-23(16-20)24(18-31(2,3)41-26)36-29(40)22-10-7-9-21(17-22)25(12-14-27(33)34)38(28(39)19-32)30(35)37-32/h7,9-11,13,16-17,24-25,27H,4-6,8,12,14-15,18-19H2,1-3H3,(H2,35,37)(H,36,40)/t24?,25?,32-/m1/s1. The molecule has 6 bridgehead atoms. The average molecular weight is 567 g/mol. The van der Waals surface area contributed by atoms with Crippen molar-refractivity contribution in [2.75, 3.05) is 0 Å². The summed E-state index contributed by atoms with van der Waals surface area (Å²) >= 11 is 0. The fraction of sp³-hybridized carbons (Fsp3) is 0.531. The van der Waals surface area contributed by atoms with Gasteiger partial charge in [-0.1, -0.05) is 37.6 Å². The van der Waals surface area contributed by atoms with Crippen molar-refractivity contribution in [3.8, 4) is 5.75 Å². The smallest absolute Gasteiger partial charge is 0.251 e.